The summed E-state index contributed by atoms with van der Waals surface area (Å²) >= 11 is 0. The van der Waals surface area contributed by atoms with Crippen LogP contribution in [0.2, 0.25) is 0 Å². The minimum absolute atomic E-state index is 0.176. The Kier molecular flexibility index (Phi) is 3.59. The number of hydrogen-bond acceptors (Lipinski definition) is 4. The van der Waals surface area contributed by atoms with Crippen molar-refractivity contribution in [3.8, 4) is 5.75 Å². The molecule has 1 atom stereocenters. The van der Waals surface area contributed by atoms with Crippen LogP contribution in [0.15, 0.2) is 18.3 Å². The van der Waals surface area contributed by atoms with Crippen LogP contribution in [-0.2, 0) is 0 Å². The number of ketones is 1. The van der Waals surface area contributed by atoms with E-state index in [0.29, 0.717) is 17.9 Å². The van der Waals surface area contributed by atoms with Gasteiger partial charge in [0.1, 0.15) is 11.4 Å². The molecule has 0 aliphatic carbocycles. The van der Waals surface area contributed by atoms with Crippen molar-refractivity contribution in [3.63, 3.8) is 0 Å². The van der Waals surface area contributed by atoms with Gasteiger partial charge in [0.15, 0.2) is 0 Å². The number of hydrogen-bond donors (Lipinski definition) is 1. The van der Waals surface area contributed by atoms with Crippen LogP contribution < -0.4 is 10.5 Å². The second-order valence-corrected chi connectivity index (χ2v) is 2.93. The molecule has 1 aromatic heterocycles. The molecule has 2 N–H and O–H groups in total. The Labute approximate surface area is 83.1 Å². The number of ether oxygens (including phenoxy) is 1. The second kappa shape index (κ2) is 4.72. The van der Waals surface area contributed by atoms with Gasteiger partial charge in [0.05, 0.1) is 13.2 Å². The lowest BCUT2D eigenvalue weighted by molar-refractivity contribution is 0.0951. The Hall–Kier alpha value is -1.42. The molecule has 0 aromatic carbocycles. The molecule has 0 spiro atoms. The van der Waals surface area contributed by atoms with E-state index in [1.54, 1.807) is 18.3 Å². The first-order chi connectivity index (χ1) is 6.70. The third-order valence-electron chi connectivity index (χ3n) is 2.00. The first-order valence-electron chi connectivity index (χ1n) is 4.49. The summed E-state index contributed by atoms with van der Waals surface area (Å²) in [6.45, 7) is 1.86. The van der Waals surface area contributed by atoms with Crippen LogP contribution >= 0.6 is 0 Å². The molecule has 0 aliphatic heterocycles. The maximum atomic E-state index is 11.7. The summed E-state index contributed by atoms with van der Waals surface area (Å²) in [5.41, 5.74) is 5.94. The van der Waals surface area contributed by atoms with Crippen molar-refractivity contribution in [1.82, 2.24) is 4.98 Å². The van der Waals surface area contributed by atoms with E-state index in [0.717, 1.165) is 0 Å². The SMILES string of the molecule is CCC(N)C(=O)c1ncccc1OC. The molecule has 4 nitrogen and oxygen atoms in total. The molecular formula is C10H14N2O2. The monoisotopic (exact) mass is 194 g/mol. The maximum Gasteiger partial charge on any atom is 0.201 e. The molecule has 0 bridgehead atoms. The number of methoxy groups -OCH3 is 1. The first-order valence-corrected chi connectivity index (χ1v) is 4.49. The molecule has 0 saturated heterocycles. The lowest BCUT2D eigenvalue weighted by atomic mass is 10.1. The highest BCUT2D eigenvalue weighted by atomic mass is 16.5. The van der Waals surface area contributed by atoms with Gasteiger partial charge in [-0.1, -0.05) is 6.92 Å². The summed E-state index contributed by atoms with van der Waals surface area (Å²) < 4.78 is 5.02. The van der Waals surface area contributed by atoms with Gasteiger partial charge < -0.3 is 10.5 Å². The number of Topliss-reactive ketones (excluding diaryl/α,β-unsaturated/α-hetero) is 1. The quantitative estimate of drug-likeness (QED) is 0.726. The average Bonchev–Trinajstić information content (AvgIpc) is 2.26. The van der Waals surface area contributed by atoms with Gasteiger partial charge >= 0.3 is 0 Å². The lowest BCUT2D eigenvalue weighted by Gasteiger charge is -2.09. The molecule has 0 amide bonds. The molecule has 0 aliphatic rings. The van der Waals surface area contributed by atoms with Crippen LogP contribution in [0.4, 0.5) is 0 Å². The molecule has 14 heavy (non-hydrogen) atoms. The van der Waals surface area contributed by atoms with Crippen LogP contribution in [0.1, 0.15) is 23.8 Å². The first kappa shape index (κ1) is 10.7. The topological polar surface area (TPSA) is 65.2 Å². The van der Waals surface area contributed by atoms with Crippen molar-refractivity contribution >= 4 is 5.78 Å². The Bertz CT molecular complexity index is 326. The number of nitrogens with zero attached hydrogens (tertiary/aromatic N) is 1. The highest BCUT2D eigenvalue weighted by Gasteiger charge is 2.18. The van der Waals surface area contributed by atoms with E-state index in [1.165, 1.54) is 7.11 Å². The Morgan fingerprint density at radius 2 is 2.43 bits per heavy atom. The zero-order chi connectivity index (χ0) is 10.6. The molecule has 1 aromatic rings. The van der Waals surface area contributed by atoms with E-state index in [-0.39, 0.29) is 5.78 Å². The van der Waals surface area contributed by atoms with Crippen LogP contribution in [-0.4, -0.2) is 23.9 Å². The molecule has 0 saturated carbocycles. The minimum Gasteiger partial charge on any atom is -0.494 e. The van der Waals surface area contributed by atoms with Crippen molar-refractivity contribution in [2.24, 2.45) is 5.73 Å². The van der Waals surface area contributed by atoms with E-state index in [1.807, 2.05) is 6.92 Å². The van der Waals surface area contributed by atoms with E-state index < -0.39 is 6.04 Å². The molecule has 1 unspecified atom stereocenters. The minimum atomic E-state index is -0.501. The summed E-state index contributed by atoms with van der Waals surface area (Å²) in [6, 6.07) is 2.91. The number of carbonyl (C=O) groups is 1. The van der Waals surface area contributed by atoms with Gasteiger partial charge in [0, 0.05) is 6.20 Å². The van der Waals surface area contributed by atoms with Crippen molar-refractivity contribution in [2.45, 2.75) is 19.4 Å². The third kappa shape index (κ3) is 2.09. The molecule has 1 rings (SSSR count). The highest BCUT2D eigenvalue weighted by molar-refractivity contribution is 6.00. The van der Waals surface area contributed by atoms with Gasteiger partial charge in [-0.25, -0.2) is 4.98 Å². The molecule has 1 heterocycles. The predicted molar refractivity (Wildman–Crippen MR) is 53.4 cm³/mol. The van der Waals surface area contributed by atoms with Gasteiger partial charge in [-0.2, -0.15) is 0 Å². The number of aromatic nitrogens is 1. The van der Waals surface area contributed by atoms with Gasteiger partial charge in [0.25, 0.3) is 0 Å². The average molecular weight is 194 g/mol. The lowest BCUT2D eigenvalue weighted by Crippen LogP contribution is -2.30. The number of pyridine rings is 1. The van der Waals surface area contributed by atoms with Crippen LogP contribution in [0, 0.1) is 0 Å². The number of nitrogens with two attached hydrogens (primary N) is 1. The largest absolute Gasteiger partial charge is 0.494 e. The zero-order valence-electron chi connectivity index (χ0n) is 8.36. The molecule has 76 valence electrons. The molecular weight excluding hydrogens is 180 g/mol. The van der Waals surface area contributed by atoms with Gasteiger partial charge in [-0.3, -0.25) is 4.79 Å². The smallest absolute Gasteiger partial charge is 0.201 e. The summed E-state index contributed by atoms with van der Waals surface area (Å²) in [4.78, 5) is 15.7. The third-order valence-corrected chi connectivity index (χ3v) is 2.00. The zero-order valence-corrected chi connectivity index (χ0v) is 8.36. The summed E-state index contributed by atoms with van der Waals surface area (Å²) in [6.07, 6.45) is 2.15. The van der Waals surface area contributed by atoms with Crippen LogP contribution in [0.3, 0.4) is 0 Å². The number of carbonyl (C=O) groups excluding carboxylic acids is 1. The van der Waals surface area contributed by atoms with Crippen LogP contribution in [0.25, 0.3) is 0 Å². The summed E-state index contributed by atoms with van der Waals surface area (Å²) in [5, 5.41) is 0. The van der Waals surface area contributed by atoms with Crippen molar-refractivity contribution < 1.29 is 9.53 Å². The van der Waals surface area contributed by atoms with Crippen LogP contribution in [0.5, 0.6) is 5.75 Å². The van der Waals surface area contributed by atoms with E-state index in [9.17, 15) is 4.79 Å². The number of rotatable bonds is 4. The summed E-state index contributed by atoms with van der Waals surface area (Å²) in [7, 11) is 1.51. The van der Waals surface area contributed by atoms with E-state index in [4.69, 9.17) is 10.5 Å². The fourth-order valence-corrected chi connectivity index (χ4v) is 1.10. The van der Waals surface area contributed by atoms with Crippen molar-refractivity contribution in [1.29, 1.82) is 0 Å². The fraction of sp³-hybridized carbons (Fsp3) is 0.400. The Morgan fingerprint density at radius 3 is 3.00 bits per heavy atom. The van der Waals surface area contributed by atoms with Crippen molar-refractivity contribution in [2.75, 3.05) is 7.11 Å². The highest BCUT2D eigenvalue weighted by Crippen LogP contribution is 2.16. The van der Waals surface area contributed by atoms with Gasteiger partial charge in [0.2, 0.25) is 5.78 Å². The van der Waals surface area contributed by atoms with Crippen molar-refractivity contribution in [3.05, 3.63) is 24.0 Å². The van der Waals surface area contributed by atoms with Gasteiger partial charge in [-0.05, 0) is 18.6 Å². The normalized spacial score (nSPS) is 12.2. The second-order valence-electron chi connectivity index (χ2n) is 2.93. The Morgan fingerprint density at radius 1 is 1.71 bits per heavy atom. The molecule has 0 radical (unpaired) electrons. The molecule has 4 heteroatoms. The molecule has 0 fully saturated rings. The predicted octanol–water partition coefficient (Wildman–Crippen LogP) is 1.01. The Balaban J connectivity index is 3.00. The van der Waals surface area contributed by atoms with E-state index in [2.05, 4.69) is 4.98 Å². The standard InChI is InChI=1S/C10H14N2O2/c1-3-7(11)10(13)9-8(14-2)5-4-6-12-9/h4-7H,3,11H2,1-2H3. The van der Waals surface area contributed by atoms with Gasteiger partial charge in [-0.15, -0.1) is 0 Å². The fourth-order valence-electron chi connectivity index (χ4n) is 1.10. The summed E-state index contributed by atoms with van der Waals surface area (Å²) in [5.74, 6) is 0.298. The van der Waals surface area contributed by atoms with E-state index >= 15 is 0 Å². The maximum absolute atomic E-state index is 11.7.